The molecule has 1 aromatic carbocycles. The molecule has 0 saturated heterocycles. The minimum atomic E-state index is -0.886. The Morgan fingerprint density at radius 2 is 1.55 bits per heavy atom. The molecule has 4 amide bonds. The van der Waals surface area contributed by atoms with E-state index < -0.39 is 35.0 Å². The number of carbonyl (C=O) groups excluding carboxylic acids is 3. The van der Waals surface area contributed by atoms with E-state index in [2.05, 4.69) is 51.9 Å². The number of anilines is 2. The highest BCUT2D eigenvalue weighted by Crippen LogP contribution is 2.35. The van der Waals surface area contributed by atoms with E-state index in [0.717, 1.165) is 0 Å². The van der Waals surface area contributed by atoms with Gasteiger partial charge in [0.15, 0.2) is 5.65 Å². The summed E-state index contributed by atoms with van der Waals surface area (Å²) >= 11 is 0. The third-order valence-electron chi connectivity index (χ3n) is 6.81. The molecule has 0 atom stereocenters. The number of carbonyl (C=O) groups is 3. The van der Waals surface area contributed by atoms with E-state index in [-0.39, 0.29) is 30.8 Å². The first-order valence-electron chi connectivity index (χ1n) is 17.4. The number of hydrogen-bond donors (Lipinski definition) is 5. The quantitative estimate of drug-likeness (QED) is 0.103. The Bertz CT molecular complexity index is 2010. The summed E-state index contributed by atoms with van der Waals surface area (Å²) in [6, 6.07) is 6.78. The van der Waals surface area contributed by atoms with Crippen molar-refractivity contribution >= 4 is 47.0 Å². The molecule has 0 saturated carbocycles. The maximum atomic E-state index is 13.0. The number of hydrogen-bond acceptors (Lipinski definition) is 13. The predicted molar refractivity (Wildman–Crippen MR) is 206 cm³/mol. The highest BCUT2D eigenvalue weighted by atomic mass is 16.6. The third kappa shape index (κ3) is 13.6. The van der Waals surface area contributed by atoms with Crippen LogP contribution in [0, 0.1) is 0 Å². The number of nitrogens with one attached hydrogen (secondary N) is 5. The summed E-state index contributed by atoms with van der Waals surface area (Å²) in [6.07, 6.45) is 1.66. The zero-order valence-electron chi connectivity index (χ0n) is 33.1. The van der Waals surface area contributed by atoms with Crippen LogP contribution < -0.4 is 36.1 Å². The summed E-state index contributed by atoms with van der Waals surface area (Å²) < 4.78 is 23.0. The summed E-state index contributed by atoms with van der Waals surface area (Å²) in [5.41, 5.74) is 0.181. The predicted octanol–water partition coefficient (Wildman–Crippen LogP) is 5.24. The van der Waals surface area contributed by atoms with E-state index in [9.17, 15) is 14.4 Å². The van der Waals surface area contributed by atoms with Gasteiger partial charge in [0.25, 0.3) is 0 Å². The average Bonchev–Trinajstić information content (AvgIpc) is 3.51. The van der Waals surface area contributed by atoms with Gasteiger partial charge >= 0.3 is 18.2 Å². The molecular formula is C36H50N12O7. The van der Waals surface area contributed by atoms with E-state index in [4.69, 9.17) is 23.9 Å². The molecule has 5 N–H and O–H groups in total. The molecule has 19 heteroatoms. The summed E-state index contributed by atoms with van der Waals surface area (Å²) in [6.45, 7) is 16.6. The molecule has 296 valence electrons. The number of ether oxygens (including phenoxy) is 4. The SMILES string of the molecule is COc1cc(OC)cc(-c2cc3cnc(NCc4cn(CCN/C(=N\C(=O)OC(C)(C)C)NC(=O)OC(C)(C)C)nn4)nc3nc2NC(=O)NC(C)(C)C)c1. The Balaban J connectivity index is 1.47. The van der Waals surface area contributed by atoms with Crippen molar-refractivity contribution in [2.75, 3.05) is 31.4 Å². The average molecular weight is 763 g/mol. The number of guanidine groups is 1. The van der Waals surface area contributed by atoms with E-state index in [1.165, 1.54) is 0 Å². The second-order valence-electron chi connectivity index (χ2n) is 15.2. The van der Waals surface area contributed by atoms with Gasteiger partial charge in [-0.25, -0.2) is 24.4 Å². The van der Waals surface area contributed by atoms with Crippen LogP contribution in [0.1, 0.15) is 68.0 Å². The van der Waals surface area contributed by atoms with Crippen molar-refractivity contribution < 1.29 is 33.3 Å². The number of alkyl carbamates (subject to hydrolysis) is 1. The Hall–Kier alpha value is -6.27. The van der Waals surface area contributed by atoms with Crippen LogP contribution in [-0.4, -0.2) is 91.6 Å². The number of aromatic nitrogens is 6. The minimum Gasteiger partial charge on any atom is -0.497 e. The largest absolute Gasteiger partial charge is 0.497 e. The monoisotopic (exact) mass is 762 g/mol. The molecule has 0 spiro atoms. The number of urea groups is 1. The van der Waals surface area contributed by atoms with Crippen LogP contribution in [-0.2, 0) is 22.6 Å². The standard InChI is InChI=1S/C36H50N12O7/c1-34(2,3)45-31(49)42-28-26(21-14-24(52-10)17-25(15-21)53-11)16-22-18-38-29(41-27(22)40-28)39-19-23-20-48(47-46-23)13-12-37-30(43-32(50)54-35(4,5)6)44-33(51)55-36(7,8)9/h14-18,20H,12-13,19H2,1-11H3,(H2,37,43,44,50,51)(H3,38,39,40,41,42,45,49). The van der Waals surface area contributed by atoms with Crippen LogP contribution in [0.3, 0.4) is 0 Å². The molecule has 3 heterocycles. The van der Waals surface area contributed by atoms with Crippen LogP contribution in [0.25, 0.3) is 22.2 Å². The molecule has 0 aliphatic carbocycles. The molecule has 0 radical (unpaired) electrons. The summed E-state index contributed by atoms with van der Waals surface area (Å²) in [5, 5.41) is 23.2. The first-order chi connectivity index (χ1) is 25.7. The lowest BCUT2D eigenvalue weighted by Gasteiger charge is -2.21. The van der Waals surface area contributed by atoms with Crippen molar-refractivity contribution in [2.24, 2.45) is 4.99 Å². The molecule has 0 aliphatic heterocycles. The van der Waals surface area contributed by atoms with E-state index in [1.54, 1.807) is 78.9 Å². The molecule has 0 bridgehead atoms. The molecule has 0 fully saturated rings. The van der Waals surface area contributed by atoms with Gasteiger partial charge in [0.05, 0.1) is 33.5 Å². The van der Waals surface area contributed by atoms with Gasteiger partial charge in [-0.3, -0.25) is 15.3 Å². The number of amides is 4. The van der Waals surface area contributed by atoms with Gasteiger partial charge in [-0.05, 0) is 86.1 Å². The van der Waals surface area contributed by atoms with Gasteiger partial charge < -0.3 is 34.9 Å². The first kappa shape index (κ1) is 41.5. The van der Waals surface area contributed by atoms with Gasteiger partial charge in [0, 0.05) is 35.3 Å². The van der Waals surface area contributed by atoms with Crippen molar-refractivity contribution in [3.05, 3.63) is 42.4 Å². The normalized spacial score (nSPS) is 12.1. The summed E-state index contributed by atoms with van der Waals surface area (Å²) in [7, 11) is 3.12. The van der Waals surface area contributed by atoms with Crippen molar-refractivity contribution in [3.8, 4) is 22.6 Å². The fourth-order valence-electron chi connectivity index (χ4n) is 4.68. The number of pyridine rings is 1. The minimum absolute atomic E-state index is 0.143. The van der Waals surface area contributed by atoms with E-state index in [0.29, 0.717) is 45.9 Å². The lowest BCUT2D eigenvalue weighted by molar-refractivity contribution is 0.0560. The van der Waals surface area contributed by atoms with Gasteiger partial charge in [-0.1, -0.05) is 5.21 Å². The second kappa shape index (κ2) is 17.3. The Morgan fingerprint density at radius 1 is 0.873 bits per heavy atom. The zero-order valence-corrected chi connectivity index (χ0v) is 33.1. The maximum Gasteiger partial charge on any atom is 0.437 e. The number of fused-ring (bicyclic) bond motifs is 1. The lowest BCUT2D eigenvalue weighted by atomic mass is 10.0. The van der Waals surface area contributed by atoms with Gasteiger partial charge in [-0.15, -0.1) is 10.1 Å². The summed E-state index contributed by atoms with van der Waals surface area (Å²) in [5.74, 6) is 1.53. The highest BCUT2D eigenvalue weighted by Gasteiger charge is 2.21. The topological polar surface area (TPSA) is 230 Å². The van der Waals surface area contributed by atoms with Crippen molar-refractivity contribution in [3.63, 3.8) is 0 Å². The molecule has 0 unspecified atom stereocenters. The molecule has 4 aromatic rings. The highest BCUT2D eigenvalue weighted by molar-refractivity contribution is 5.99. The number of nitrogens with zero attached hydrogens (tertiary/aromatic N) is 7. The van der Waals surface area contributed by atoms with E-state index in [1.807, 2.05) is 39.0 Å². The van der Waals surface area contributed by atoms with Crippen LogP contribution >= 0.6 is 0 Å². The second-order valence-corrected chi connectivity index (χ2v) is 15.2. The molecule has 55 heavy (non-hydrogen) atoms. The smallest absolute Gasteiger partial charge is 0.437 e. The lowest BCUT2D eigenvalue weighted by Crippen LogP contribution is -2.45. The van der Waals surface area contributed by atoms with Crippen LogP contribution in [0.15, 0.2) is 41.7 Å². The molecular weight excluding hydrogens is 712 g/mol. The fraction of sp³-hybridized carbons (Fsp3) is 0.472. The summed E-state index contributed by atoms with van der Waals surface area (Å²) in [4.78, 5) is 55.3. The fourth-order valence-corrected chi connectivity index (χ4v) is 4.68. The Morgan fingerprint density at radius 3 is 2.16 bits per heavy atom. The number of methoxy groups -OCH3 is 2. The van der Waals surface area contributed by atoms with Crippen LogP contribution in [0.5, 0.6) is 11.5 Å². The Kier molecular flexibility index (Phi) is 13.0. The number of benzene rings is 1. The molecule has 19 nitrogen and oxygen atoms in total. The van der Waals surface area contributed by atoms with E-state index >= 15 is 0 Å². The van der Waals surface area contributed by atoms with Crippen molar-refractivity contribution in [2.45, 2.75) is 92.1 Å². The Labute approximate surface area is 319 Å². The molecule has 0 aliphatic rings. The van der Waals surface area contributed by atoms with Gasteiger partial charge in [0.2, 0.25) is 11.9 Å². The van der Waals surface area contributed by atoms with Crippen molar-refractivity contribution in [1.29, 1.82) is 0 Å². The van der Waals surface area contributed by atoms with Gasteiger partial charge in [0.1, 0.15) is 34.2 Å². The molecule has 3 aromatic heterocycles. The first-order valence-corrected chi connectivity index (χ1v) is 17.4. The number of rotatable bonds is 10. The third-order valence-corrected chi connectivity index (χ3v) is 6.81. The zero-order chi connectivity index (χ0) is 40.6. The number of aliphatic imine (C=N–C) groups is 1. The van der Waals surface area contributed by atoms with Crippen molar-refractivity contribution in [1.82, 2.24) is 45.9 Å². The van der Waals surface area contributed by atoms with Crippen LogP contribution in [0.4, 0.5) is 26.1 Å². The maximum absolute atomic E-state index is 13.0. The van der Waals surface area contributed by atoms with Gasteiger partial charge in [-0.2, -0.15) is 4.98 Å². The van der Waals surface area contributed by atoms with Crippen LogP contribution in [0.2, 0.25) is 0 Å². The molecule has 4 rings (SSSR count).